The molecule has 3 rings (SSSR count). The number of sulfonamides is 1. The highest BCUT2D eigenvalue weighted by molar-refractivity contribution is 7.95. The van der Waals surface area contributed by atoms with Gasteiger partial charge in [0.05, 0.1) is 5.41 Å². The highest BCUT2D eigenvalue weighted by Gasteiger charge is 2.08. The van der Waals surface area contributed by atoms with Gasteiger partial charge in [0.25, 0.3) is 10.0 Å². The normalized spacial score (nSPS) is 11.7. The number of rotatable bonds is 5. The average Bonchev–Trinajstić information content (AvgIpc) is 3.08. The lowest BCUT2D eigenvalue weighted by atomic mass is 10.2. The van der Waals surface area contributed by atoms with E-state index in [0.717, 1.165) is 11.0 Å². The van der Waals surface area contributed by atoms with Crippen LogP contribution >= 0.6 is 0 Å². The van der Waals surface area contributed by atoms with Gasteiger partial charge >= 0.3 is 0 Å². The van der Waals surface area contributed by atoms with Gasteiger partial charge in [0.15, 0.2) is 0 Å². The minimum absolute atomic E-state index is 0.182. The van der Waals surface area contributed by atoms with E-state index in [1.54, 1.807) is 23.3 Å². The van der Waals surface area contributed by atoms with Crippen LogP contribution in [0.2, 0.25) is 0 Å². The molecule has 0 amide bonds. The highest BCUT2D eigenvalue weighted by Crippen LogP contribution is 2.11. The number of anilines is 1. The Labute approximate surface area is 133 Å². The second-order valence-electron chi connectivity index (χ2n) is 4.59. The zero-order valence-electron chi connectivity index (χ0n) is 11.9. The molecule has 0 unspecified atom stereocenters. The van der Waals surface area contributed by atoms with Crippen LogP contribution in [-0.2, 0) is 10.0 Å². The Kier molecular flexibility index (Phi) is 4.15. The van der Waals surface area contributed by atoms with Crippen LogP contribution < -0.4 is 4.72 Å². The van der Waals surface area contributed by atoms with Crippen molar-refractivity contribution in [1.82, 2.24) is 19.5 Å². The van der Waals surface area contributed by atoms with Crippen molar-refractivity contribution < 1.29 is 8.42 Å². The fraction of sp³-hybridized carbons (Fsp3) is 0. The minimum Gasteiger partial charge on any atom is -0.290 e. The van der Waals surface area contributed by atoms with Gasteiger partial charge in [-0.05, 0) is 11.6 Å². The smallest absolute Gasteiger partial charge is 0.256 e. The maximum atomic E-state index is 12.1. The summed E-state index contributed by atoms with van der Waals surface area (Å²) < 4.78 is 28.2. The maximum Gasteiger partial charge on any atom is 0.256 e. The summed E-state index contributed by atoms with van der Waals surface area (Å²) >= 11 is 0. The van der Waals surface area contributed by atoms with E-state index in [4.69, 9.17) is 0 Å². The first kappa shape index (κ1) is 14.9. The standard InChI is InChI=1S/C15H13N5O2S/c21-23(22,9-6-13-4-2-1-3-5-13)19-14-10-15(18-11-17-14)20-8-7-16-12-20/h1-12H,(H,17,18,19)/b9-6+. The number of benzene rings is 1. The SMILES string of the molecule is O=S(=O)(/C=C/c1ccccc1)Nc1cc(-n2ccnc2)ncn1. The van der Waals surface area contributed by atoms with Crippen LogP contribution in [0.4, 0.5) is 5.82 Å². The molecule has 23 heavy (non-hydrogen) atoms. The molecule has 0 aliphatic rings. The van der Waals surface area contributed by atoms with Gasteiger partial charge in [-0.1, -0.05) is 30.3 Å². The molecular weight excluding hydrogens is 314 g/mol. The molecule has 0 fully saturated rings. The third-order valence-electron chi connectivity index (χ3n) is 2.91. The van der Waals surface area contributed by atoms with Crippen LogP contribution in [0, 0.1) is 0 Å². The summed E-state index contributed by atoms with van der Waals surface area (Å²) in [5.41, 5.74) is 0.791. The van der Waals surface area contributed by atoms with Crippen molar-refractivity contribution in [2.75, 3.05) is 4.72 Å². The number of hydrogen-bond acceptors (Lipinski definition) is 5. The van der Waals surface area contributed by atoms with Gasteiger partial charge in [-0.25, -0.2) is 23.4 Å². The first-order chi connectivity index (χ1) is 11.1. The van der Waals surface area contributed by atoms with Crippen LogP contribution in [0.25, 0.3) is 11.9 Å². The lowest BCUT2D eigenvalue weighted by Crippen LogP contribution is -2.11. The zero-order valence-corrected chi connectivity index (χ0v) is 12.8. The van der Waals surface area contributed by atoms with E-state index >= 15 is 0 Å². The van der Waals surface area contributed by atoms with Crippen molar-refractivity contribution in [3.05, 3.63) is 72.4 Å². The summed E-state index contributed by atoms with van der Waals surface area (Å²) in [6.45, 7) is 0. The summed E-state index contributed by atoms with van der Waals surface area (Å²) in [4.78, 5) is 11.9. The van der Waals surface area contributed by atoms with Crippen molar-refractivity contribution >= 4 is 21.9 Å². The summed E-state index contributed by atoms with van der Waals surface area (Å²) in [7, 11) is -3.66. The Morgan fingerprint density at radius 3 is 2.70 bits per heavy atom. The van der Waals surface area contributed by atoms with E-state index in [9.17, 15) is 8.42 Å². The molecule has 1 aromatic carbocycles. The van der Waals surface area contributed by atoms with E-state index < -0.39 is 10.0 Å². The van der Waals surface area contributed by atoms with Crippen molar-refractivity contribution in [2.45, 2.75) is 0 Å². The molecule has 0 bridgehead atoms. The van der Waals surface area contributed by atoms with Gasteiger partial charge in [-0.3, -0.25) is 9.29 Å². The summed E-state index contributed by atoms with van der Waals surface area (Å²) in [5, 5.41) is 1.10. The van der Waals surface area contributed by atoms with Gasteiger partial charge in [0.1, 0.15) is 24.3 Å². The molecule has 0 saturated carbocycles. The Morgan fingerprint density at radius 2 is 1.96 bits per heavy atom. The molecule has 8 heteroatoms. The number of imidazole rings is 1. The second kappa shape index (κ2) is 6.41. The van der Waals surface area contributed by atoms with Crippen molar-refractivity contribution in [2.24, 2.45) is 0 Å². The van der Waals surface area contributed by atoms with Crippen molar-refractivity contribution in [1.29, 1.82) is 0 Å². The summed E-state index contributed by atoms with van der Waals surface area (Å²) in [6.07, 6.45) is 7.68. The first-order valence-electron chi connectivity index (χ1n) is 6.69. The molecule has 0 aliphatic carbocycles. The Hall–Kier alpha value is -3.00. The Morgan fingerprint density at radius 1 is 1.13 bits per heavy atom. The molecule has 0 spiro atoms. The molecule has 0 radical (unpaired) electrons. The maximum absolute atomic E-state index is 12.1. The third-order valence-corrected chi connectivity index (χ3v) is 3.90. The van der Waals surface area contributed by atoms with Gasteiger partial charge < -0.3 is 0 Å². The topological polar surface area (TPSA) is 89.8 Å². The number of aromatic nitrogens is 4. The fourth-order valence-electron chi connectivity index (χ4n) is 1.85. The van der Waals surface area contributed by atoms with Gasteiger partial charge in [0, 0.05) is 18.5 Å². The number of nitrogens with one attached hydrogen (secondary N) is 1. The van der Waals surface area contributed by atoms with E-state index in [1.807, 2.05) is 30.3 Å². The molecule has 2 heterocycles. The first-order valence-corrected chi connectivity index (χ1v) is 8.23. The minimum atomic E-state index is -3.66. The lowest BCUT2D eigenvalue weighted by Gasteiger charge is -2.05. The van der Waals surface area contributed by atoms with Gasteiger partial charge in [-0.2, -0.15) is 0 Å². The van der Waals surface area contributed by atoms with Crippen molar-refractivity contribution in [3.63, 3.8) is 0 Å². The molecule has 3 aromatic rings. The van der Waals surface area contributed by atoms with Crippen LogP contribution in [0.15, 0.2) is 66.9 Å². The lowest BCUT2D eigenvalue weighted by molar-refractivity contribution is 0.609. The van der Waals surface area contributed by atoms with Crippen LogP contribution in [0.1, 0.15) is 5.56 Å². The number of nitrogens with zero attached hydrogens (tertiary/aromatic N) is 4. The fourth-order valence-corrected chi connectivity index (χ4v) is 2.66. The molecule has 0 atom stereocenters. The largest absolute Gasteiger partial charge is 0.290 e. The van der Waals surface area contributed by atoms with Crippen LogP contribution in [0.5, 0.6) is 0 Å². The summed E-state index contributed by atoms with van der Waals surface area (Å²) in [5.74, 6) is 0.698. The van der Waals surface area contributed by atoms with Crippen LogP contribution in [-0.4, -0.2) is 27.9 Å². The quantitative estimate of drug-likeness (QED) is 0.775. The molecular formula is C15H13N5O2S. The average molecular weight is 327 g/mol. The number of hydrogen-bond donors (Lipinski definition) is 1. The van der Waals surface area contributed by atoms with E-state index in [0.29, 0.717) is 5.82 Å². The highest BCUT2D eigenvalue weighted by atomic mass is 32.2. The van der Waals surface area contributed by atoms with E-state index in [-0.39, 0.29) is 5.82 Å². The third kappa shape index (κ3) is 4.01. The molecule has 0 saturated heterocycles. The second-order valence-corrected chi connectivity index (χ2v) is 6.16. The zero-order chi connectivity index (χ0) is 16.1. The van der Waals surface area contributed by atoms with E-state index in [2.05, 4.69) is 19.7 Å². The molecule has 0 aliphatic heterocycles. The monoisotopic (exact) mass is 327 g/mol. The molecule has 116 valence electrons. The van der Waals surface area contributed by atoms with E-state index in [1.165, 1.54) is 18.5 Å². The van der Waals surface area contributed by atoms with Crippen LogP contribution in [0.3, 0.4) is 0 Å². The Bertz CT molecular complexity index is 906. The molecule has 7 nitrogen and oxygen atoms in total. The predicted octanol–water partition coefficient (Wildman–Crippen LogP) is 2.07. The predicted molar refractivity (Wildman–Crippen MR) is 87.2 cm³/mol. The molecule has 1 N–H and O–H groups in total. The van der Waals surface area contributed by atoms with Gasteiger partial charge in [0.2, 0.25) is 0 Å². The van der Waals surface area contributed by atoms with Gasteiger partial charge in [-0.15, -0.1) is 0 Å². The van der Waals surface area contributed by atoms with Crippen molar-refractivity contribution in [3.8, 4) is 5.82 Å². The Balaban J connectivity index is 1.78. The molecule has 2 aromatic heterocycles. The summed E-state index contributed by atoms with van der Waals surface area (Å²) in [6, 6.07) is 10.7.